The van der Waals surface area contributed by atoms with Gasteiger partial charge in [-0.05, 0) is 37.6 Å². The lowest BCUT2D eigenvalue weighted by Crippen LogP contribution is -2.35. The Bertz CT molecular complexity index is 295. The lowest BCUT2D eigenvalue weighted by molar-refractivity contribution is 0.151. The van der Waals surface area contributed by atoms with Gasteiger partial charge in [-0.2, -0.15) is 0 Å². The van der Waals surface area contributed by atoms with Crippen LogP contribution in [0.1, 0.15) is 38.8 Å². The fraction of sp³-hybridized carbons (Fsp3) is 0.769. The van der Waals surface area contributed by atoms with Crippen LogP contribution in [0.4, 0.5) is 0 Å². The van der Waals surface area contributed by atoms with E-state index in [2.05, 4.69) is 23.7 Å². The summed E-state index contributed by atoms with van der Waals surface area (Å²) in [7, 11) is 0. The van der Waals surface area contributed by atoms with E-state index in [1.165, 1.54) is 38.7 Å². The molecule has 1 aromatic rings. The molecule has 0 spiro atoms. The van der Waals surface area contributed by atoms with Gasteiger partial charge in [-0.15, -0.1) is 0 Å². The van der Waals surface area contributed by atoms with Crippen molar-refractivity contribution in [3.8, 4) is 0 Å². The topological polar surface area (TPSA) is 29.3 Å². The molecule has 1 aliphatic rings. The van der Waals surface area contributed by atoms with Gasteiger partial charge >= 0.3 is 0 Å². The zero-order chi connectivity index (χ0) is 11.4. The van der Waals surface area contributed by atoms with Crippen LogP contribution in [0, 0.1) is 11.8 Å². The molecule has 1 unspecified atom stereocenters. The average molecular weight is 222 g/mol. The van der Waals surface area contributed by atoms with Crippen molar-refractivity contribution < 1.29 is 4.42 Å². The number of hydrogen-bond donors (Lipinski definition) is 0. The molecule has 0 amide bonds. The van der Waals surface area contributed by atoms with Crippen LogP contribution in [0.5, 0.6) is 0 Å². The van der Waals surface area contributed by atoms with Crippen molar-refractivity contribution in [1.29, 1.82) is 0 Å². The summed E-state index contributed by atoms with van der Waals surface area (Å²) in [6.07, 6.45) is 7.36. The minimum Gasteiger partial charge on any atom is -0.451 e. The summed E-state index contributed by atoms with van der Waals surface area (Å²) in [6, 6.07) is 0. The summed E-state index contributed by atoms with van der Waals surface area (Å²) in [6.45, 7) is 8.02. The number of nitrogens with zero attached hydrogens (tertiary/aromatic N) is 2. The lowest BCUT2D eigenvalue weighted by Gasteiger charge is -2.32. The first-order valence-corrected chi connectivity index (χ1v) is 6.33. The Kier molecular flexibility index (Phi) is 3.99. The molecular weight excluding hydrogens is 200 g/mol. The summed E-state index contributed by atoms with van der Waals surface area (Å²) < 4.78 is 5.01. The molecule has 1 fully saturated rings. The van der Waals surface area contributed by atoms with Gasteiger partial charge in [0.25, 0.3) is 0 Å². The number of piperidine rings is 1. The second-order valence-corrected chi connectivity index (χ2v) is 5.35. The molecule has 0 N–H and O–H groups in total. The first-order valence-electron chi connectivity index (χ1n) is 6.33. The Morgan fingerprint density at radius 2 is 2.44 bits per heavy atom. The molecule has 1 atom stereocenters. The van der Waals surface area contributed by atoms with Gasteiger partial charge in [0, 0.05) is 13.1 Å². The molecule has 3 nitrogen and oxygen atoms in total. The monoisotopic (exact) mass is 222 g/mol. The van der Waals surface area contributed by atoms with E-state index in [1.807, 2.05) is 0 Å². The zero-order valence-electron chi connectivity index (χ0n) is 10.4. The van der Waals surface area contributed by atoms with Gasteiger partial charge in [0.15, 0.2) is 6.39 Å². The molecule has 1 aliphatic heterocycles. The van der Waals surface area contributed by atoms with E-state index in [4.69, 9.17) is 4.42 Å². The van der Waals surface area contributed by atoms with Crippen LogP contribution in [-0.2, 0) is 6.54 Å². The normalized spacial score (nSPS) is 22.8. The van der Waals surface area contributed by atoms with E-state index in [0.29, 0.717) is 0 Å². The van der Waals surface area contributed by atoms with Gasteiger partial charge in [0.2, 0.25) is 0 Å². The molecule has 2 rings (SSSR count). The molecule has 2 heterocycles. The summed E-state index contributed by atoms with van der Waals surface area (Å²) in [4.78, 5) is 6.70. The summed E-state index contributed by atoms with van der Waals surface area (Å²) in [5.41, 5.74) is 1.06. The highest BCUT2D eigenvalue weighted by molar-refractivity contribution is 4.91. The Morgan fingerprint density at radius 1 is 1.56 bits per heavy atom. The average Bonchev–Trinajstić information content (AvgIpc) is 2.70. The van der Waals surface area contributed by atoms with E-state index in [9.17, 15) is 0 Å². The third kappa shape index (κ3) is 3.34. The van der Waals surface area contributed by atoms with Crippen LogP contribution in [0.25, 0.3) is 0 Å². The SMILES string of the molecule is CC(C)CC1CCCN(Cc2cocn2)C1. The minimum absolute atomic E-state index is 0.817. The second-order valence-electron chi connectivity index (χ2n) is 5.35. The molecule has 0 aliphatic carbocycles. The van der Waals surface area contributed by atoms with Crippen molar-refractivity contribution in [3.63, 3.8) is 0 Å². The number of aromatic nitrogens is 1. The Hall–Kier alpha value is -0.830. The Balaban J connectivity index is 1.82. The van der Waals surface area contributed by atoms with Crippen molar-refractivity contribution in [1.82, 2.24) is 9.88 Å². The van der Waals surface area contributed by atoms with Crippen LogP contribution in [-0.4, -0.2) is 23.0 Å². The lowest BCUT2D eigenvalue weighted by atomic mass is 9.90. The molecule has 3 heteroatoms. The number of likely N-dealkylation sites (tertiary alicyclic amines) is 1. The van der Waals surface area contributed by atoms with Crippen LogP contribution in [0.3, 0.4) is 0 Å². The number of hydrogen-bond acceptors (Lipinski definition) is 3. The molecule has 90 valence electrons. The highest BCUT2D eigenvalue weighted by Crippen LogP contribution is 2.23. The first-order chi connectivity index (χ1) is 7.74. The zero-order valence-corrected chi connectivity index (χ0v) is 10.4. The highest BCUT2D eigenvalue weighted by atomic mass is 16.3. The van der Waals surface area contributed by atoms with E-state index in [0.717, 1.165) is 24.1 Å². The number of rotatable bonds is 4. The highest BCUT2D eigenvalue weighted by Gasteiger charge is 2.21. The molecule has 0 radical (unpaired) electrons. The van der Waals surface area contributed by atoms with Crippen LogP contribution in [0.15, 0.2) is 17.1 Å². The molecular formula is C13H22N2O. The summed E-state index contributed by atoms with van der Waals surface area (Å²) >= 11 is 0. The largest absolute Gasteiger partial charge is 0.451 e. The quantitative estimate of drug-likeness (QED) is 0.784. The van der Waals surface area contributed by atoms with Gasteiger partial charge in [-0.3, -0.25) is 4.90 Å². The Morgan fingerprint density at radius 3 is 3.12 bits per heavy atom. The molecule has 16 heavy (non-hydrogen) atoms. The van der Waals surface area contributed by atoms with Gasteiger partial charge in [0.1, 0.15) is 6.26 Å². The van der Waals surface area contributed by atoms with Crippen LogP contribution >= 0.6 is 0 Å². The van der Waals surface area contributed by atoms with Crippen LogP contribution in [0.2, 0.25) is 0 Å². The van der Waals surface area contributed by atoms with Crippen molar-refractivity contribution in [2.75, 3.05) is 13.1 Å². The standard InChI is InChI=1S/C13H22N2O/c1-11(2)6-12-4-3-5-15(7-12)8-13-9-16-10-14-13/h9-12H,3-8H2,1-2H3. The fourth-order valence-corrected chi connectivity index (χ4v) is 2.70. The number of oxazole rings is 1. The second kappa shape index (κ2) is 5.48. The van der Waals surface area contributed by atoms with E-state index < -0.39 is 0 Å². The fourth-order valence-electron chi connectivity index (χ4n) is 2.70. The molecule has 0 aromatic carbocycles. The minimum atomic E-state index is 0.817. The molecule has 0 bridgehead atoms. The summed E-state index contributed by atoms with van der Waals surface area (Å²) in [5, 5.41) is 0. The van der Waals surface area contributed by atoms with Gasteiger partial charge < -0.3 is 4.42 Å². The maximum Gasteiger partial charge on any atom is 0.180 e. The third-order valence-corrected chi connectivity index (χ3v) is 3.28. The van der Waals surface area contributed by atoms with Crippen molar-refractivity contribution in [3.05, 3.63) is 18.4 Å². The maximum absolute atomic E-state index is 5.01. The van der Waals surface area contributed by atoms with E-state index >= 15 is 0 Å². The van der Waals surface area contributed by atoms with E-state index in [-0.39, 0.29) is 0 Å². The van der Waals surface area contributed by atoms with Gasteiger partial charge in [0.05, 0.1) is 5.69 Å². The molecule has 0 saturated carbocycles. The van der Waals surface area contributed by atoms with Crippen molar-refractivity contribution >= 4 is 0 Å². The van der Waals surface area contributed by atoms with Gasteiger partial charge in [-0.25, -0.2) is 4.98 Å². The molecule has 1 aromatic heterocycles. The predicted octanol–water partition coefficient (Wildman–Crippen LogP) is 2.93. The van der Waals surface area contributed by atoms with Gasteiger partial charge in [-0.1, -0.05) is 13.8 Å². The predicted molar refractivity (Wildman–Crippen MR) is 64.0 cm³/mol. The van der Waals surface area contributed by atoms with Crippen LogP contribution < -0.4 is 0 Å². The molecule has 1 saturated heterocycles. The third-order valence-electron chi connectivity index (χ3n) is 3.28. The smallest absolute Gasteiger partial charge is 0.180 e. The maximum atomic E-state index is 5.01. The van der Waals surface area contributed by atoms with Crippen molar-refractivity contribution in [2.24, 2.45) is 11.8 Å². The summed E-state index contributed by atoms with van der Waals surface area (Å²) in [5.74, 6) is 1.69. The Labute approximate surface area is 97.8 Å². The van der Waals surface area contributed by atoms with E-state index in [1.54, 1.807) is 6.26 Å². The first kappa shape index (κ1) is 11.6. The van der Waals surface area contributed by atoms with Crippen molar-refractivity contribution in [2.45, 2.75) is 39.7 Å².